The zero-order chi connectivity index (χ0) is 11.5. The van der Waals surface area contributed by atoms with E-state index in [0.717, 1.165) is 23.5 Å². The van der Waals surface area contributed by atoms with E-state index in [1.54, 1.807) is 6.33 Å². The molecule has 1 unspecified atom stereocenters. The van der Waals surface area contributed by atoms with Crippen LogP contribution in [0.15, 0.2) is 30.9 Å². The maximum atomic E-state index is 5.86. The van der Waals surface area contributed by atoms with Crippen LogP contribution >= 0.6 is 0 Å². The summed E-state index contributed by atoms with van der Waals surface area (Å²) in [6.45, 7) is 4.71. The Balaban J connectivity index is 2.20. The van der Waals surface area contributed by atoms with Crippen LogP contribution < -0.4 is 5.73 Å². The Morgan fingerprint density at radius 3 is 2.81 bits per heavy atom. The minimum Gasteiger partial charge on any atom is -0.329 e. The molecule has 84 valence electrons. The third-order valence-electron chi connectivity index (χ3n) is 2.54. The predicted molar refractivity (Wildman–Crippen MR) is 62.9 cm³/mol. The molecule has 0 saturated heterocycles. The van der Waals surface area contributed by atoms with Gasteiger partial charge in [0.1, 0.15) is 0 Å². The average molecular weight is 216 g/mol. The summed E-state index contributed by atoms with van der Waals surface area (Å²) in [7, 11) is 0. The highest BCUT2D eigenvalue weighted by atomic mass is 15.1. The van der Waals surface area contributed by atoms with Crippen molar-refractivity contribution >= 4 is 0 Å². The second-order valence-corrected chi connectivity index (χ2v) is 4.04. The third-order valence-corrected chi connectivity index (χ3v) is 2.54. The molecule has 4 heteroatoms. The molecule has 0 aliphatic rings. The fourth-order valence-electron chi connectivity index (χ4n) is 1.63. The monoisotopic (exact) mass is 216 g/mol. The standard InChI is InChI=1S/C12H16N4/c1-9-3-4-11(5-15-9)7-16-8-14-6-12(16)10(2)13/h3-6,8,10H,7,13H2,1-2H3. The zero-order valence-electron chi connectivity index (χ0n) is 9.59. The summed E-state index contributed by atoms with van der Waals surface area (Å²) in [6, 6.07) is 4.09. The summed E-state index contributed by atoms with van der Waals surface area (Å²) in [5.41, 5.74) is 9.09. The van der Waals surface area contributed by atoms with Gasteiger partial charge >= 0.3 is 0 Å². The average Bonchev–Trinajstić information content (AvgIpc) is 2.69. The summed E-state index contributed by atoms with van der Waals surface area (Å²) in [4.78, 5) is 8.39. The number of hydrogen-bond acceptors (Lipinski definition) is 3. The van der Waals surface area contributed by atoms with Crippen LogP contribution in [0, 0.1) is 6.92 Å². The van der Waals surface area contributed by atoms with Gasteiger partial charge in [0, 0.05) is 24.1 Å². The van der Waals surface area contributed by atoms with E-state index in [4.69, 9.17) is 5.73 Å². The maximum Gasteiger partial charge on any atom is 0.0951 e. The highest BCUT2D eigenvalue weighted by Gasteiger charge is 2.06. The first kappa shape index (κ1) is 10.8. The Kier molecular flexibility index (Phi) is 3.01. The minimum absolute atomic E-state index is 0.000840. The molecule has 2 rings (SSSR count). The van der Waals surface area contributed by atoms with Gasteiger partial charge in [0.25, 0.3) is 0 Å². The second kappa shape index (κ2) is 4.45. The molecule has 0 bridgehead atoms. The van der Waals surface area contributed by atoms with Crippen molar-refractivity contribution in [2.75, 3.05) is 0 Å². The van der Waals surface area contributed by atoms with E-state index in [-0.39, 0.29) is 6.04 Å². The van der Waals surface area contributed by atoms with Gasteiger partial charge in [-0.1, -0.05) is 6.07 Å². The number of imidazole rings is 1. The topological polar surface area (TPSA) is 56.7 Å². The molecule has 2 heterocycles. The molecule has 2 N–H and O–H groups in total. The van der Waals surface area contributed by atoms with Gasteiger partial charge in [-0.05, 0) is 25.5 Å². The van der Waals surface area contributed by atoms with Crippen molar-refractivity contribution in [3.63, 3.8) is 0 Å². The summed E-state index contributed by atoms with van der Waals surface area (Å²) in [5.74, 6) is 0. The highest BCUT2D eigenvalue weighted by molar-refractivity contribution is 5.15. The highest BCUT2D eigenvalue weighted by Crippen LogP contribution is 2.11. The first-order valence-corrected chi connectivity index (χ1v) is 5.34. The van der Waals surface area contributed by atoms with Crippen molar-refractivity contribution in [1.29, 1.82) is 0 Å². The molecule has 0 aliphatic carbocycles. The van der Waals surface area contributed by atoms with Gasteiger partial charge in [-0.2, -0.15) is 0 Å². The minimum atomic E-state index is 0.000840. The SMILES string of the molecule is Cc1ccc(Cn2cncc2C(C)N)cn1. The Morgan fingerprint density at radius 2 is 2.19 bits per heavy atom. The molecule has 0 aromatic carbocycles. The molecule has 0 fully saturated rings. The predicted octanol–water partition coefficient (Wildman–Crippen LogP) is 1.65. The number of nitrogens with zero attached hydrogens (tertiary/aromatic N) is 3. The molecule has 2 aromatic rings. The van der Waals surface area contributed by atoms with E-state index < -0.39 is 0 Å². The number of aryl methyl sites for hydroxylation is 1. The molecule has 2 aromatic heterocycles. The molecule has 0 spiro atoms. The largest absolute Gasteiger partial charge is 0.329 e. The normalized spacial score (nSPS) is 12.7. The molecule has 0 aliphatic heterocycles. The van der Waals surface area contributed by atoms with Crippen LogP contribution in [0.1, 0.15) is 29.9 Å². The van der Waals surface area contributed by atoms with Crippen molar-refractivity contribution in [3.8, 4) is 0 Å². The van der Waals surface area contributed by atoms with E-state index in [9.17, 15) is 0 Å². The smallest absolute Gasteiger partial charge is 0.0951 e. The van der Waals surface area contributed by atoms with Crippen LogP contribution in [-0.4, -0.2) is 14.5 Å². The summed E-state index contributed by atoms with van der Waals surface area (Å²) < 4.78 is 2.05. The molecule has 0 saturated carbocycles. The number of aromatic nitrogens is 3. The van der Waals surface area contributed by atoms with Crippen molar-refractivity contribution in [3.05, 3.63) is 47.8 Å². The Morgan fingerprint density at radius 1 is 1.38 bits per heavy atom. The van der Waals surface area contributed by atoms with E-state index in [1.165, 1.54) is 0 Å². The number of nitrogens with two attached hydrogens (primary N) is 1. The molecule has 4 nitrogen and oxygen atoms in total. The molecular weight excluding hydrogens is 200 g/mol. The van der Waals surface area contributed by atoms with Crippen molar-refractivity contribution < 1.29 is 0 Å². The van der Waals surface area contributed by atoms with Crippen molar-refractivity contribution in [2.24, 2.45) is 5.73 Å². The quantitative estimate of drug-likeness (QED) is 0.848. The fraction of sp³-hybridized carbons (Fsp3) is 0.333. The molecular formula is C12H16N4. The van der Waals surface area contributed by atoms with Crippen LogP contribution in [0.25, 0.3) is 0 Å². The lowest BCUT2D eigenvalue weighted by atomic mass is 10.2. The van der Waals surface area contributed by atoms with Gasteiger partial charge < -0.3 is 10.3 Å². The fourth-order valence-corrected chi connectivity index (χ4v) is 1.63. The number of rotatable bonds is 3. The first-order valence-electron chi connectivity index (χ1n) is 5.34. The lowest BCUT2D eigenvalue weighted by Gasteiger charge is -2.10. The third kappa shape index (κ3) is 2.28. The van der Waals surface area contributed by atoms with Crippen molar-refractivity contribution in [1.82, 2.24) is 14.5 Å². The Hall–Kier alpha value is -1.68. The van der Waals surface area contributed by atoms with Crippen LogP contribution in [0.4, 0.5) is 0 Å². The van der Waals surface area contributed by atoms with Crippen LogP contribution in [0.5, 0.6) is 0 Å². The van der Waals surface area contributed by atoms with E-state index in [2.05, 4.69) is 20.6 Å². The Bertz CT molecular complexity index is 456. The van der Waals surface area contributed by atoms with Gasteiger partial charge in [0.15, 0.2) is 0 Å². The van der Waals surface area contributed by atoms with E-state index >= 15 is 0 Å². The van der Waals surface area contributed by atoms with Gasteiger partial charge in [0.05, 0.1) is 18.6 Å². The lowest BCUT2D eigenvalue weighted by molar-refractivity contribution is 0.673. The summed E-state index contributed by atoms with van der Waals surface area (Å²) in [5, 5.41) is 0. The van der Waals surface area contributed by atoms with Gasteiger partial charge in [-0.15, -0.1) is 0 Å². The van der Waals surface area contributed by atoms with Crippen LogP contribution in [0.3, 0.4) is 0 Å². The number of pyridine rings is 1. The Labute approximate surface area is 95.1 Å². The zero-order valence-corrected chi connectivity index (χ0v) is 9.59. The van der Waals surface area contributed by atoms with Crippen LogP contribution in [-0.2, 0) is 6.54 Å². The molecule has 1 atom stereocenters. The second-order valence-electron chi connectivity index (χ2n) is 4.04. The molecule has 0 radical (unpaired) electrons. The molecule has 0 amide bonds. The summed E-state index contributed by atoms with van der Waals surface area (Å²) in [6.07, 6.45) is 5.51. The van der Waals surface area contributed by atoms with Gasteiger partial charge in [0.2, 0.25) is 0 Å². The maximum absolute atomic E-state index is 5.86. The van der Waals surface area contributed by atoms with E-state index in [1.807, 2.05) is 32.3 Å². The summed E-state index contributed by atoms with van der Waals surface area (Å²) >= 11 is 0. The van der Waals surface area contributed by atoms with Crippen molar-refractivity contribution in [2.45, 2.75) is 26.4 Å². The van der Waals surface area contributed by atoms with E-state index in [0.29, 0.717) is 0 Å². The molecule has 16 heavy (non-hydrogen) atoms. The first-order chi connectivity index (χ1) is 7.66. The lowest BCUT2D eigenvalue weighted by Crippen LogP contribution is -2.12. The van der Waals surface area contributed by atoms with Gasteiger partial charge in [-0.25, -0.2) is 4.98 Å². The van der Waals surface area contributed by atoms with Crippen LogP contribution in [0.2, 0.25) is 0 Å². The van der Waals surface area contributed by atoms with Gasteiger partial charge in [-0.3, -0.25) is 4.98 Å². The number of hydrogen-bond donors (Lipinski definition) is 1.